The highest BCUT2D eigenvalue weighted by molar-refractivity contribution is 7.91. The van der Waals surface area contributed by atoms with Crippen molar-refractivity contribution < 1.29 is 8.42 Å². The molecule has 0 spiro atoms. The van der Waals surface area contributed by atoms with Crippen LogP contribution in [0.1, 0.15) is 38.3 Å². The molecule has 0 saturated heterocycles. The van der Waals surface area contributed by atoms with Crippen molar-refractivity contribution in [3.8, 4) is 0 Å². The fourth-order valence-electron chi connectivity index (χ4n) is 2.79. The molecule has 1 unspecified atom stereocenters. The van der Waals surface area contributed by atoms with E-state index in [0.29, 0.717) is 12.6 Å². The van der Waals surface area contributed by atoms with Gasteiger partial charge in [-0.25, -0.2) is 8.42 Å². The van der Waals surface area contributed by atoms with Gasteiger partial charge < -0.3 is 10.2 Å². The Labute approximate surface area is 128 Å². The largest absolute Gasteiger partial charge is 0.370 e. The maximum Gasteiger partial charge on any atom is 0.151 e. The number of anilines is 1. The van der Waals surface area contributed by atoms with Crippen LogP contribution in [0.5, 0.6) is 0 Å². The molecule has 0 fully saturated rings. The Balaban J connectivity index is 2.11. The Kier molecular flexibility index (Phi) is 5.65. The zero-order valence-electron chi connectivity index (χ0n) is 13.0. The molecule has 5 heteroatoms. The predicted molar refractivity (Wildman–Crippen MR) is 88.6 cm³/mol. The molecule has 1 heterocycles. The molecule has 118 valence electrons. The van der Waals surface area contributed by atoms with Crippen molar-refractivity contribution in [3.63, 3.8) is 0 Å². The van der Waals surface area contributed by atoms with Crippen molar-refractivity contribution in [2.45, 2.75) is 32.7 Å². The highest BCUT2D eigenvalue weighted by Crippen LogP contribution is 2.33. The smallest absolute Gasteiger partial charge is 0.151 e. The van der Waals surface area contributed by atoms with Crippen LogP contribution in [0, 0.1) is 0 Å². The first-order valence-electron chi connectivity index (χ1n) is 7.85. The average Bonchev–Trinajstić information content (AvgIpc) is 2.51. The van der Waals surface area contributed by atoms with Crippen LogP contribution in [0.2, 0.25) is 0 Å². The predicted octanol–water partition coefficient (Wildman–Crippen LogP) is 2.37. The Morgan fingerprint density at radius 1 is 1.29 bits per heavy atom. The summed E-state index contributed by atoms with van der Waals surface area (Å²) in [4.78, 5) is 2.21. The third kappa shape index (κ3) is 4.20. The number of hydrogen-bond donors (Lipinski definition) is 1. The lowest BCUT2D eigenvalue weighted by Gasteiger charge is -2.36. The minimum atomic E-state index is -2.91. The molecule has 0 amide bonds. The normalized spacial score (nSPS) is 18.6. The van der Waals surface area contributed by atoms with Crippen LogP contribution in [-0.2, 0) is 9.84 Å². The third-order valence-electron chi connectivity index (χ3n) is 4.09. The average molecular weight is 310 g/mol. The zero-order chi connectivity index (χ0) is 15.3. The molecule has 4 nitrogen and oxygen atoms in total. The molecule has 1 N–H and O–H groups in total. The molecule has 1 aliphatic heterocycles. The summed E-state index contributed by atoms with van der Waals surface area (Å²) in [6.45, 7) is 6.41. The molecule has 21 heavy (non-hydrogen) atoms. The Bertz CT molecular complexity index is 557. The summed E-state index contributed by atoms with van der Waals surface area (Å²) in [7, 11) is -2.91. The Morgan fingerprint density at radius 3 is 2.76 bits per heavy atom. The minimum absolute atomic E-state index is 0.225. The summed E-state index contributed by atoms with van der Waals surface area (Å²) < 4.78 is 23.4. The second kappa shape index (κ2) is 7.27. The molecular weight excluding hydrogens is 284 g/mol. The Hall–Kier alpha value is -1.07. The molecule has 0 aliphatic carbocycles. The van der Waals surface area contributed by atoms with Crippen molar-refractivity contribution in [1.29, 1.82) is 0 Å². The van der Waals surface area contributed by atoms with Gasteiger partial charge in [0.2, 0.25) is 0 Å². The molecule has 1 atom stereocenters. The van der Waals surface area contributed by atoms with Gasteiger partial charge in [-0.2, -0.15) is 0 Å². The van der Waals surface area contributed by atoms with Gasteiger partial charge in [-0.3, -0.25) is 0 Å². The van der Waals surface area contributed by atoms with Gasteiger partial charge in [-0.15, -0.1) is 0 Å². The quantitative estimate of drug-likeness (QED) is 0.840. The lowest BCUT2D eigenvalue weighted by atomic mass is 9.96. The van der Waals surface area contributed by atoms with Crippen LogP contribution < -0.4 is 10.2 Å². The van der Waals surface area contributed by atoms with Gasteiger partial charge in [-0.05, 0) is 31.0 Å². The van der Waals surface area contributed by atoms with Gasteiger partial charge in [0, 0.05) is 30.6 Å². The van der Waals surface area contributed by atoms with E-state index in [1.807, 2.05) is 6.07 Å². The summed E-state index contributed by atoms with van der Waals surface area (Å²) in [6, 6.07) is 8.74. The van der Waals surface area contributed by atoms with Gasteiger partial charge in [0.25, 0.3) is 0 Å². The van der Waals surface area contributed by atoms with Crippen molar-refractivity contribution in [2.24, 2.45) is 0 Å². The molecule has 1 aliphatic rings. The first kappa shape index (κ1) is 16.3. The molecule has 0 saturated carbocycles. The number of hydrogen-bond acceptors (Lipinski definition) is 4. The zero-order valence-corrected chi connectivity index (χ0v) is 13.8. The molecular formula is C16H26N2O2S. The van der Waals surface area contributed by atoms with Crippen LogP contribution in [0.4, 0.5) is 5.69 Å². The summed E-state index contributed by atoms with van der Waals surface area (Å²) in [5.74, 6) is 0.466. The van der Waals surface area contributed by atoms with Gasteiger partial charge >= 0.3 is 0 Å². The SMILES string of the molecule is CCCNC1CCN(CCS(=O)(=O)CC)c2ccccc21. The van der Waals surface area contributed by atoms with Gasteiger partial charge in [-0.1, -0.05) is 32.0 Å². The van der Waals surface area contributed by atoms with Crippen LogP contribution in [-0.4, -0.2) is 39.6 Å². The van der Waals surface area contributed by atoms with E-state index in [4.69, 9.17) is 0 Å². The minimum Gasteiger partial charge on any atom is -0.370 e. The highest BCUT2D eigenvalue weighted by atomic mass is 32.2. The number of fused-ring (bicyclic) bond motifs is 1. The van der Waals surface area contributed by atoms with Gasteiger partial charge in [0.1, 0.15) is 0 Å². The molecule has 1 aromatic rings. The Morgan fingerprint density at radius 2 is 2.05 bits per heavy atom. The molecule has 0 aromatic heterocycles. The topological polar surface area (TPSA) is 49.4 Å². The summed E-state index contributed by atoms with van der Waals surface area (Å²) in [5, 5.41) is 3.59. The van der Waals surface area contributed by atoms with E-state index in [1.165, 1.54) is 11.3 Å². The second-order valence-electron chi connectivity index (χ2n) is 5.58. The monoisotopic (exact) mass is 310 g/mol. The van der Waals surface area contributed by atoms with E-state index in [0.717, 1.165) is 25.9 Å². The summed E-state index contributed by atoms with van der Waals surface area (Å²) in [5.41, 5.74) is 2.48. The van der Waals surface area contributed by atoms with Crippen LogP contribution in [0.3, 0.4) is 0 Å². The van der Waals surface area contributed by atoms with Crippen molar-refractivity contribution >= 4 is 15.5 Å². The molecule has 0 bridgehead atoms. The van der Waals surface area contributed by atoms with E-state index in [9.17, 15) is 8.42 Å². The van der Waals surface area contributed by atoms with Crippen molar-refractivity contribution in [2.75, 3.05) is 36.0 Å². The summed E-state index contributed by atoms with van der Waals surface area (Å²) >= 11 is 0. The second-order valence-corrected chi connectivity index (χ2v) is 8.05. The third-order valence-corrected chi connectivity index (χ3v) is 5.78. The number of nitrogens with one attached hydrogen (secondary N) is 1. The van der Waals surface area contributed by atoms with Crippen LogP contribution >= 0.6 is 0 Å². The number of rotatable bonds is 7. The fraction of sp³-hybridized carbons (Fsp3) is 0.625. The number of para-hydroxylation sites is 1. The maximum absolute atomic E-state index is 11.7. The van der Waals surface area contributed by atoms with Crippen molar-refractivity contribution in [1.82, 2.24) is 5.32 Å². The first-order valence-corrected chi connectivity index (χ1v) is 9.67. The number of nitrogens with zero attached hydrogens (tertiary/aromatic N) is 1. The van der Waals surface area contributed by atoms with Crippen LogP contribution in [0.25, 0.3) is 0 Å². The standard InChI is InChI=1S/C16H26N2O2S/c1-3-10-17-15-9-11-18(12-13-21(19,20)4-2)16-8-6-5-7-14(15)16/h5-8,15,17H,3-4,9-13H2,1-2H3. The lowest BCUT2D eigenvalue weighted by Crippen LogP contribution is -2.38. The molecule has 2 rings (SSSR count). The molecule has 1 aromatic carbocycles. The van der Waals surface area contributed by atoms with Gasteiger partial charge in [0.15, 0.2) is 9.84 Å². The molecule has 0 radical (unpaired) electrons. The number of sulfone groups is 1. The maximum atomic E-state index is 11.7. The number of benzene rings is 1. The van der Waals surface area contributed by atoms with Crippen molar-refractivity contribution in [3.05, 3.63) is 29.8 Å². The van der Waals surface area contributed by atoms with Crippen LogP contribution in [0.15, 0.2) is 24.3 Å². The highest BCUT2D eigenvalue weighted by Gasteiger charge is 2.24. The van der Waals surface area contributed by atoms with E-state index >= 15 is 0 Å². The van der Waals surface area contributed by atoms with E-state index < -0.39 is 9.84 Å². The van der Waals surface area contributed by atoms with E-state index in [-0.39, 0.29) is 11.5 Å². The van der Waals surface area contributed by atoms with E-state index in [1.54, 1.807) is 6.92 Å². The first-order chi connectivity index (χ1) is 10.1. The lowest BCUT2D eigenvalue weighted by molar-refractivity contribution is 0.479. The summed E-state index contributed by atoms with van der Waals surface area (Å²) in [6.07, 6.45) is 2.15. The van der Waals surface area contributed by atoms with Gasteiger partial charge in [0.05, 0.1) is 5.75 Å². The van der Waals surface area contributed by atoms with E-state index in [2.05, 4.69) is 35.3 Å². The fourth-order valence-corrected chi connectivity index (χ4v) is 3.57.